The SMILES string of the molecule is COC(=O)CCC(C)C1CCC2C3C(O)CC4CC(=O)CCC4(C)C3CC(O)C12C. The molecule has 170 valence electrons. The highest BCUT2D eigenvalue weighted by molar-refractivity contribution is 5.79. The number of aliphatic hydroxyl groups excluding tert-OH is 2. The third kappa shape index (κ3) is 3.26. The first-order chi connectivity index (χ1) is 14.1. The highest BCUT2D eigenvalue weighted by Crippen LogP contribution is 2.68. The number of rotatable bonds is 4. The topological polar surface area (TPSA) is 83.8 Å². The van der Waals surface area contributed by atoms with Crippen molar-refractivity contribution in [3.8, 4) is 0 Å². The Morgan fingerprint density at radius 1 is 1.20 bits per heavy atom. The Bertz CT molecular complexity index is 691. The molecule has 0 aromatic heterocycles. The lowest BCUT2D eigenvalue weighted by Crippen LogP contribution is -2.62. The van der Waals surface area contributed by atoms with Crippen LogP contribution in [0.25, 0.3) is 0 Å². The van der Waals surface area contributed by atoms with Gasteiger partial charge in [-0.2, -0.15) is 0 Å². The highest BCUT2D eigenvalue weighted by Gasteiger charge is 2.65. The van der Waals surface area contributed by atoms with Gasteiger partial charge in [0.1, 0.15) is 5.78 Å². The minimum atomic E-state index is -0.391. The number of esters is 1. The molecule has 4 aliphatic rings. The van der Waals surface area contributed by atoms with E-state index in [1.54, 1.807) is 0 Å². The number of fused-ring (bicyclic) bond motifs is 5. The fourth-order valence-electron chi connectivity index (χ4n) is 8.59. The van der Waals surface area contributed by atoms with Gasteiger partial charge in [0.05, 0.1) is 19.3 Å². The van der Waals surface area contributed by atoms with Crippen molar-refractivity contribution in [1.82, 2.24) is 0 Å². The monoisotopic (exact) mass is 420 g/mol. The van der Waals surface area contributed by atoms with Gasteiger partial charge in [-0.3, -0.25) is 9.59 Å². The van der Waals surface area contributed by atoms with Gasteiger partial charge < -0.3 is 14.9 Å². The Kier molecular flexibility index (Phi) is 5.85. The number of hydrogen-bond donors (Lipinski definition) is 2. The maximum atomic E-state index is 12.1. The Hall–Kier alpha value is -0.940. The molecule has 0 spiro atoms. The molecule has 10 atom stereocenters. The van der Waals surface area contributed by atoms with Crippen molar-refractivity contribution in [2.45, 2.75) is 90.8 Å². The maximum Gasteiger partial charge on any atom is 0.305 e. The summed E-state index contributed by atoms with van der Waals surface area (Å²) in [5.41, 5.74) is -0.167. The van der Waals surface area contributed by atoms with E-state index in [-0.39, 0.29) is 40.7 Å². The summed E-state index contributed by atoms with van der Waals surface area (Å²) in [5.74, 6) is 1.92. The summed E-state index contributed by atoms with van der Waals surface area (Å²) in [7, 11) is 1.43. The smallest absolute Gasteiger partial charge is 0.305 e. The van der Waals surface area contributed by atoms with E-state index in [0.717, 1.165) is 38.5 Å². The van der Waals surface area contributed by atoms with Crippen LogP contribution in [0.4, 0.5) is 0 Å². The summed E-state index contributed by atoms with van der Waals surface area (Å²) in [5, 5.41) is 22.8. The lowest BCUT2D eigenvalue weighted by Gasteiger charge is -2.63. The van der Waals surface area contributed by atoms with Gasteiger partial charge in [-0.15, -0.1) is 0 Å². The normalized spacial score (nSPS) is 49.0. The molecule has 5 heteroatoms. The zero-order valence-electron chi connectivity index (χ0n) is 19.1. The van der Waals surface area contributed by atoms with Crippen molar-refractivity contribution in [3.63, 3.8) is 0 Å². The van der Waals surface area contributed by atoms with Crippen molar-refractivity contribution in [2.24, 2.45) is 46.3 Å². The predicted octanol–water partition coefficient (Wildman–Crippen LogP) is 3.75. The number of carbonyl (C=O) groups is 2. The first kappa shape index (κ1) is 22.3. The average Bonchev–Trinajstić information content (AvgIpc) is 3.06. The summed E-state index contributed by atoms with van der Waals surface area (Å²) in [6.07, 6.45) is 6.15. The minimum absolute atomic E-state index is 0.0503. The van der Waals surface area contributed by atoms with E-state index < -0.39 is 6.10 Å². The molecule has 0 saturated heterocycles. The van der Waals surface area contributed by atoms with E-state index in [1.165, 1.54) is 7.11 Å². The second-order valence-corrected chi connectivity index (χ2v) is 11.4. The van der Waals surface area contributed by atoms with E-state index in [2.05, 4.69) is 20.8 Å². The van der Waals surface area contributed by atoms with E-state index in [4.69, 9.17) is 4.74 Å². The van der Waals surface area contributed by atoms with Crippen LogP contribution in [0.5, 0.6) is 0 Å². The predicted molar refractivity (Wildman–Crippen MR) is 113 cm³/mol. The van der Waals surface area contributed by atoms with E-state index in [9.17, 15) is 19.8 Å². The number of aliphatic hydroxyl groups is 2. The van der Waals surface area contributed by atoms with Crippen LogP contribution in [0.15, 0.2) is 0 Å². The van der Waals surface area contributed by atoms with Crippen molar-refractivity contribution in [2.75, 3.05) is 7.11 Å². The van der Waals surface area contributed by atoms with Gasteiger partial charge in [-0.05, 0) is 84.9 Å². The van der Waals surface area contributed by atoms with Gasteiger partial charge in [-0.25, -0.2) is 0 Å². The van der Waals surface area contributed by atoms with Gasteiger partial charge in [0.15, 0.2) is 0 Å². The van der Waals surface area contributed by atoms with Crippen LogP contribution in [0, 0.1) is 46.3 Å². The number of methoxy groups -OCH3 is 1. The van der Waals surface area contributed by atoms with Crippen molar-refractivity contribution in [3.05, 3.63) is 0 Å². The molecule has 0 aliphatic heterocycles. The molecular weight excluding hydrogens is 380 g/mol. The number of hydrogen-bond acceptors (Lipinski definition) is 5. The molecule has 0 amide bonds. The molecule has 0 radical (unpaired) electrons. The molecule has 0 bridgehead atoms. The van der Waals surface area contributed by atoms with E-state index in [0.29, 0.717) is 42.8 Å². The van der Waals surface area contributed by atoms with Crippen LogP contribution in [0.2, 0.25) is 0 Å². The number of Topliss-reactive ketones (excluding diaryl/α,β-unsaturated/α-hetero) is 1. The Morgan fingerprint density at radius 3 is 2.63 bits per heavy atom. The van der Waals surface area contributed by atoms with Crippen LogP contribution in [0.3, 0.4) is 0 Å². The van der Waals surface area contributed by atoms with Crippen LogP contribution < -0.4 is 0 Å². The van der Waals surface area contributed by atoms with Crippen molar-refractivity contribution < 1.29 is 24.5 Å². The third-order valence-electron chi connectivity index (χ3n) is 10.4. The summed E-state index contributed by atoms with van der Waals surface area (Å²) in [6.45, 7) is 6.78. The zero-order valence-corrected chi connectivity index (χ0v) is 19.1. The van der Waals surface area contributed by atoms with E-state index in [1.807, 2.05) is 0 Å². The summed E-state index contributed by atoms with van der Waals surface area (Å²) < 4.78 is 4.82. The molecule has 5 nitrogen and oxygen atoms in total. The molecule has 0 heterocycles. The lowest BCUT2D eigenvalue weighted by atomic mass is 9.43. The fraction of sp³-hybridized carbons (Fsp3) is 0.920. The molecule has 4 rings (SSSR count). The number of carbonyl (C=O) groups excluding carboxylic acids is 2. The first-order valence-corrected chi connectivity index (χ1v) is 12.1. The molecule has 2 N–H and O–H groups in total. The summed E-state index contributed by atoms with van der Waals surface area (Å²) in [4.78, 5) is 23.8. The van der Waals surface area contributed by atoms with Gasteiger partial charge in [-0.1, -0.05) is 20.8 Å². The largest absolute Gasteiger partial charge is 0.469 e. The second-order valence-electron chi connectivity index (χ2n) is 11.4. The molecule has 0 aromatic rings. The lowest BCUT2D eigenvalue weighted by molar-refractivity contribution is -0.201. The Morgan fingerprint density at radius 2 is 1.93 bits per heavy atom. The molecule has 10 unspecified atom stereocenters. The van der Waals surface area contributed by atoms with Crippen LogP contribution >= 0.6 is 0 Å². The molecule has 4 saturated carbocycles. The summed E-state index contributed by atoms with van der Waals surface area (Å²) >= 11 is 0. The van der Waals surface area contributed by atoms with Crippen LogP contribution in [-0.2, 0) is 14.3 Å². The van der Waals surface area contributed by atoms with Gasteiger partial charge in [0.25, 0.3) is 0 Å². The third-order valence-corrected chi connectivity index (χ3v) is 10.4. The van der Waals surface area contributed by atoms with Crippen molar-refractivity contribution in [1.29, 1.82) is 0 Å². The first-order valence-electron chi connectivity index (χ1n) is 12.1. The van der Waals surface area contributed by atoms with Gasteiger partial charge in [0.2, 0.25) is 0 Å². The molecule has 30 heavy (non-hydrogen) atoms. The molecule has 4 aliphatic carbocycles. The summed E-state index contributed by atoms with van der Waals surface area (Å²) in [6, 6.07) is 0. The van der Waals surface area contributed by atoms with Gasteiger partial charge >= 0.3 is 5.97 Å². The standard InChI is InChI=1S/C25H40O5/c1-14(5-8-22(29)30-4)17-6-7-18-23-19(13-21(28)25(17,18)3)24(2)10-9-16(26)11-15(24)12-20(23)27/h14-15,17-21,23,27-28H,5-13H2,1-4H3. The zero-order chi connectivity index (χ0) is 21.8. The molecule has 4 fully saturated rings. The molecule has 0 aromatic carbocycles. The molecular formula is C25H40O5. The maximum absolute atomic E-state index is 12.1. The fourth-order valence-corrected chi connectivity index (χ4v) is 8.59. The Labute approximate surface area is 180 Å². The second kappa shape index (κ2) is 7.88. The minimum Gasteiger partial charge on any atom is -0.469 e. The van der Waals surface area contributed by atoms with Crippen LogP contribution in [-0.4, -0.2) is 41.3 Å². The number of ketones is 1. The quantitative estimate of drug-likeness (QED) is 0.677. The van der Waals surface area contributed by atoms with Crippen LogP contribution in [0.1, 0.15) is 78.6 Å². The van der Waals surface area contributed by atoms with E-state index >= 15 is 0 Å². The van der Waals surface area contributed by atoms with Gasteiger partial charge in [0, 0.05) is 19.3 Å². The van der Waals surface area contributed by atoms with Crippen molar-refractivity contribution >= 4 is 11.8 Å². The highest BCUT2D eigenvalue weighted by atomic mass is 16.5. The Balaban J connectivity index is 1.58. The number of ether oxygens (including phenoxy) is 1. The average molecular weight is 421 g/mol.